The third kappa shape index (κ3) is 7.08. The highest BCUT2D eigenvalue weighted by atomic mass is 16.8. The summed E-state index contributed by atoms with van der Waals surface area (Å²) < 4.78 is 21.2. The van der Waals surface area contributed by atoms with E-state index in [1.165, 1.54) is 0 Å². The molecule has 7 N–H and O–H groups in total. The Morgan fingerprint density at radius 2 is 1.59 bits per heavy atom. The molecule has 196 valence electrons. The molecule has 9 atom stereocenters. The fraction of sp³-hybridized carbons (Fsp3) is 0.864. The molecule has 0 spiro atoms. The van der Waals surface area contributed by atoms with Crippen molar-refractivity contribution in [1.82, 2.24) is 0 Å². The zero-order valence-corrected chi connectivity index (χ0v) is 18.9. The second-order valence-electron chi connectivity index (χ2n) is 8.53. The van der Waals surface area contributed by atoms with Crippen LogP contribution in [0.4, 0.5) is 0 Å². The molecule has 0 bridgehead atoms. The largest absolute Gasteiger partial charge is 0.463 e. The predicted octanol–water partition coefficient (Wildman–Crippen LogP) is -2.48. The van der Waals surface area contributed by atoms with Gasteiger partial charge in [-0.05, 0) is 12.8 Å². The summed E-state index contributed by atoms with van der Waals surface area (Å²) in [6, 6.07) is 0. The van der Waals surface area contributed by atoms with Crippen molar-refractivity contribution in [3.8, 4) is 12.3 Å². The van der Waals surface area contributed by atoms with Crippen LogP contribution in [0.5, 0.6) is 0 Å². The Kier molecular flexibility index (Phi) is 11.6. The Bertz CT molecular complexity index is 667. The maximum absolute atomic E-state index is 12.0. The van der Waals surface area contributed by atoms with Gasteiger partial charge in [-0.1, -0.05) is 19.3 Å². The minimum atomic E-state index is -2.29. The first-order valence-electron chi connectivity index (χ1n) is 11.4. The van der Waals surface area contributed by atoms with Gasteiger partial charge in [-0.2, -0.15) is 0 Å². The van der Waals surface area contributed by atoms with Gasteiger partial charge in [0.25, 0.3) is 0 Å². The number of aliphatic hydroxyl groups excluding tert-OH is 7. The van der Waals surface area contributed by atoms with Gasteiger partial charge in [0.2, 0.25) is 5.79 Å². The van der Waals surface area contributed by atoms with Crippen LogP contribution in [0.3, 0.4) is 0 Å². The second kappa shape index (κ2) is 13.6. The smallest absolute Gasteiger partial charge is 0.305 e. The average Bonchev–Trinajstić information content (AvgIpc) is 3.07. The van der Waals surface area contributed by atoms with E-state index >= 15 is 0 Å². The first kappa shape index (κ1) is 28.9. The first-order chi connectivity index (χ1) is 16.2. The van der Waals surface area contributed by atoms with Crippen LogP contribution < -0.4 is 0 Å². The number of rotatable bonds is 13. The van der Waals surface area contributed by atoms with Crippen molar-refractivity contribution in [2.24, 2.45) is 0 Å². The van der Waals surface area contributed by atoms with Crippen LogP contribution in [-0.4, -0.2) is 116 Å². The summed E-state index contributed by atoms with van der Waals surface area (Å²) >= 11 is 0. The number of carbonyl (C=O) groups is 1. The van der Waals surface area contributed by atoms with Crippen molar-refractivity contribution in [2.45, 2.75) is 99.8 Å². The molecule has 0 unspecified atom stereocenters. The van der Waals surface area contributed by atoms with Crippen LogP contribution in [0.25, 0.3) is 0 Å². The summed E-state index contributed by atoms with van der Waals surface area (Å²) in [7, 11) is 0. The Morgan fingerprint density at radius 3 is 2.24 bits per heavy atom. The van der Waals surface area contributed by atoms with Crippen molar-refractivity contribution in [3.05, 3.63) is 0 Å². The van der Waals surface area contributed by atoms with Gasteiger partial charge in [0.15, 0.2) is 6.29 Å². The maximum atomic E-state index is 12.0. The Morgan fingerprint density at radius 1 is 0.912 bits per heavy atom. The summed E-state index contributed by atoms with van der Waals surface area (Å²) in [5.74, 6) is -0.241. The van der Waals surface area contributed by atoms with Crippen molar-refractivity contribution in [2.75, 3.05) is 19.8 Å². The van der Waals surface area contributed by atoms with Crippen LogP contribution in [0, 0.1) is 12.3 Å². The highest BCUT2D eigenvalue weighted by Crippen LogP contribution is 2.36. The lowest BCUT2D eigenvalue weighted by molar-refractivity contribution is -0.383. The zero-order valence-electron chi connectivity index (χ0n) is 18.9. The number of ether oxygens (including phenoxy) is 4. The summed E-state index contributed by atoms with van der Waals surface area (Å²) in [5.41, 5.74) is 0. The van der Waals surface area contributed by atoms with Crippen LogP contribution in [0.2, 0.25) is 0 Å². The van der Waals surface area contributed by atoms with E-state index < -0.39 is 80.6 Å². The number of hydrogen-bond acceptors (Lipinski definition) is 12. The molecule has 0 aromatic carbocycles. The van der Waals surface area contributed by atoms with Gasteiger partial charge in [0.1, 0.15) is 55.9 Å². The summed E-state index contributed by atoms with van der Waals surface area (Å²) in [4.78, 5) is 12.0. The average molecular weight is 493 g/mol. The van der Waals surface area contributed by atoms with Gasteiger partial charge < -0.3 is 54.7 Å². The molecule has 2 aliphatic rings. The first-order valence-corrected chi connectivity index (χ1v) is 11.4. The lowest BCUT2D eigenvalue weighted by Gasteiger charge is -2.43. The number of esters is 1. The van der Waals surface area contributed by atoms with Crippen molar-refractivity contribution >= 4 is 5.97 Å². The molecule has 12 heteroatoms. The molecule has 0 aromatic rings. The molecule has 34 heavy (non-hydrogen) atoms. The third-order valence-electron chi connectivity index (χ3n) is 6.00. The van der Waals surface area contributed by atoms with E-state index in [0.717, 1.165) is 32.1 Å². The quantitative estimate of drug-likeness (QED) is 0.0813. The minimum absolute atomic E-state index is 0.160. The van der Waals surface area contributed by atoms with Gasteiger partial charge in [-0.25, -0.2) is 0 Å². The van der Waals surface area contributed by atoms with Crippen LogP contribution in [0.15, 0.2) is 0 Å². The van der Waals surface area contributed by atoms with Gasteiger partial charge in [-0.15, -0.1) is 12.3 Å². The highest BCUT2D eigenvalue weighted by molar-refractivity contribution is 5.69. The predicted molar refractivity (Wildman–Crippen MR) is 114 cm³/mol. The topological polar surface area (TPSA) is 196 Å². The molecule has 2 saturated heterocycles. The van der Waals surface area contributed by atoms with Crippen LogP contribution >= 0.6 is 0 Å². The standard InChI is InChI=1S/C22H36O12/c1-2-3-4-5-6-7-8-9-15(25)31-11-14-17(27)20(30)22(12-24,33-14)34-21-19(29)18(28)16(26)13(10-23)32-21/h1,13-14,16-21,23-24,26-30H,3-12H2/t13-,14-,16-,17-,18+,19-,20+,21-,22+/m1/s1. The Labute approximate surface area is 198 Å². The number of hydrogen-bond donors (Lipinski definition) is 7. The van der Waals surface area contributed by atoms with Crippen LogP contribution in [0.1, 0.15) is 44.9 Å². The summed E-state index contributed by atoms with van der Waals surface area (Å²) in [5, 5.41) is 69.8. The van der Waals surface area contributed by atoms with Crippen molar-refractivity contribution < 1.29 is 59.5 Å². The van der Waals surface area contributed by atoms with E-state index in [0.29, 0.717) is 6.42 Å². The molecule has 0 amide bonds. The molecule has 2 aliphatic heterocycles. The number of carbonyl (C=O) groups excluding carboxylic acids is 1. The summed E-state index contributed by atoms with van der Waals surface area (Å²) in [6.45, 7) is -2.14. The van der Waals surface area contributed by atoms with E-state index in [1.807, 2.05) is 0 Å². The van der Waals surface area contributed by atoms with E-state index in [4.69, 9.17) is 25.4 Å². The van der Waals surface area contributed by atoms with Crippen LogP contribution in [-0.2, 0) is 23.7 Å². The van der Waals surface area contributed by atoms with E-state index in [2.05, 4.69) is 5.92 Å². The molecule has 12 nitrogen and oxygen atoms in total. The second-order valence-corrected chi connectivity index (χ2v) is 8.53. The fourth-order valence-electron chi connectivity index (χ4n) is 3.89. The molecular formula is C22H36O12. The van der Waals surface area contributed by atoms with Gasteiger partial charge in [0, 0.05) is 12.8 Å². The van der Waals surface area contributed by atoms with Crippen molar-refractivity contribution in [1.29, 1.82) is 0 Å². The lowest BCUT2D eigenvalue weighted by atomic mass is 9.99. The molecule has 0 aliphatic carbocycles. The van der Waals surface area contributed by atoms with E-state index in [9.17, 15) is 40.5 Å². The zero-order chi connectivity index (χ0) is 25.3. The van der Waals surface area contributed by atoms with E-state index in [-0.39, 0.29) is 6.42 Å². The highest BCUT2D eigenvalue weighted by Gasteiger charge is 2.58. The minimum Gasteiger partial charge on any atom is -0.463 e. The SMILES string of the molecule is C#CCCCCCCCC(=O)OC[C@H]1O[C@@](CO)(O[C@H]2O[C@H](CO)[C@@H](O)[C@H](O)[C@H]2O)[C@@H](O)[C@@H]1O. The third-order valence-corrected chi connectivity index (χ3v) is 6.00. The molecule has 2 fully saturated rings. The molecule has 0 aromatic heterocycles. The molecular weight excluding hydrogens is 456 g/mol. The lowest BCUT2D eigenvalue weighted by Crippen LogP contribution is -2.62. The molecule has 0 radical (unpaired) electrons. The van der Waals surface area contributed by atoms with Gasteiger partial charge >= 0.3 is 5.97 Å². The number of aliphatic hydroxyl groups is 7. The summed E-state index contributed by atoms with van der Waals surface area (Å²) in [6.07, 6.45) is -2.57. The monoisotopic (exact) mass is 492 g/mol. The molecule has 2 rings (SSSR count). The van der Waals surface area contributed by atoms with Gasteiger partial charge in [0.05, 0.1) is 6.61 Å². The maximum Gasteiger partial charge on any atom is 0.305 e. The Hall–Kier alpha value is -1.37. The number of unbranched alkanes of at least 4 members (excludes halogenated alkanes) is 5. The van der Waals surface area contributed by atoms with E-state index in [1.54, 1.807) is 0 Å². The Balaban J connectivity index is 1.87. The van der Waals surface area contributed by atoms with Gasteiger partial charge in [-0.3, -0.25) is 4.79 Å². The molecule has 0 saturated carbocycles. The number of terminal acetylenes is 1. The normalized spacial score (nSPS) is 37.9. The molecule has 2 heterocycles. The van der Waals surface area contributed by atoms with Crippen molar-refractivity contribution in [3.63, 3.8) is 0 Å². The fourth-order valence-corrected chi connectivity index (χ4v) is 3.89.